The second kappa shape index (κ2) is 7.00. The van der Waals surface area contributed by atoms with Gasteiger partial charge in [-0.2, -0.15) is 5.10 Å². The van der Waals surface area contributed by atoms with E-state index in [0.29, 0.717) is 0 Å². The van der Waals surface area contributed by atoms with E-state index in [9.17, 15) is 4.79 Å². The van der Waals surface area contributed by atoms with Crippen LogP contribution >= 0.6 is 0 Å². The monoisotopic (exact) mass is 347 g/mol. The molecule has 0 atom stereocenters. The summed E-state index contributed by atoms with van der Waals surface area (Å²) in [5.41, 5.74) is 4.39. The minimum atomic E-state index is -0.103. The fourth-order valence-corrected chi connectivity index (χ4v) is 3.26. The fraction of sp³-hybridized carbons (Fsp3) is 0.250. The summed E-state index contributed by atoms with van der Waals surface area (Å²) in [6, 6.07) is 14.1. The molecule has 0 unspecified atom stereocenters. The van der Waals surface area contributed by atoms with Gasteiger partial charge in [0.15, 0.2) is 0 Å². The summed E-state index contributed by atoms with van der Waals surface area (Å²) >= 11 is 0. The Labute approximate surface area is 152 Å². The predicted octanol–water partition coefficient (Wildman–Crippen LogP) is 2.79. The number of carbonyl (C=O) groups is 1. The number of pyridine rings is 1. The zero-order chi connectivity index (χ0) is 17.9. The van der Waals surface area contributed by atoms with Gasteiger partial charge in [-0.25, -0.2) is 4.98 Å². The smallest absolute Gasteiger partial charge is 0.246 e. The maximum Gasteiger partial charge on any atom is 0.246 e. The Morgan fingerprint density at radius 1 is 1.19 bits per heavy atom. The van der Waals surface area contributed by atoms with Gasteiger partial charge in [0, 0.05) is 37.2 Å². The summed E-state index contributed by atoms with van der Waals surface area (Å²) in [7, 11) is 0. The van der Waals surface area contributed by atoms with Crippen molar-refractivity contribution in [3.63, 3.8) is 0 Å². The number of amides is 1. The van der Waals surface area contributed by atoms with Crippen LogP contribution in [0, 0.1) is 6.92 Å². The van der Waals surface area contributed by atoms with Crippen LogP contribution in [0.25, 0.3) is 0 Å². The number of aryl methyl sites for hydroxylation is 1. The van der Waals surface area contributed by atoms with Gasteiger partial charge < -0.3 is 10.2 Å². The minimum Gasteiger partial charge on any atom is -0.352 e. The van der Waals surface area contributed by atoms with E-state index in [4.69, 9.17) is 0 Å². The van der Waals surface area contributed by atoms with E-state index in [1.807, 2.05) is 25.1 Å². The second-order valence-electron chi connectivity index (χ2n) is 6.55. The highest BCUT2D eigenvalue weighted by Gasteiger charge is 2.17. The number of aromatic nitrogens is 3. The van der Waals surface area contributed by atoms with Crippen LogP contribution in [-0.2, 0) is 24.3 Å². The quantitative estimate of drug-likeness (QED) is 0.788. The highest BCUT2D eigenvalue weighted by molar-refractivity contribution is 5.90. The van der Waals surface area contributed by atoms with Crippen LogP contribution in [0.2, 0.25) is 0 Å². The van der Waals surface area contributed by atoms with E-state index in [1.54, 1.807) is 17.1 Å². The van der Waals surface area contributed by atoms with Gasteiger partial charge in [0.1, 0.15) is 12.4 Å². The lowest BCUT2D eigenvalue weighted by atomic mass is 10.00. The lowest BCUT2D eigenvalue weighted by Crippen LogP contribution is -2.31. The number of hydrogen-bond donors (Lipinski definition) is 1. The number of nitrogens with one attached hydrogen (secondary N) is 1. The van der Waals surface area contributed by atoms with E-state index in [-0.39, 0.29) is 12.5 Å². The summed E-state index contributed by atoms with van der Waals surface area (Å²) in [6.07, 6.45) is 4.55. The van der Waals surface area contributed by atoms with Gasteiger partial charge in [0.2, 0.25) is 5.91 Å². The molecule has 132 valence electrons. The molecule has 6 nitrogen and oxygen atoms in total. The molecule has 3 heterocycles. The van der Waals surface area contributed by atoms with E-state index >= 15 is 0 Å². The third-order valence-corrected chi connectivity index (χ3v) is 4.56. The number of rotatable bonds is 4. The van der Waals surface area contributed by atoms with E-state index < -0.39 is 0 Å². The average Bonchev–Trinajstić information content (AvgIpc) is 3.06. The van der Waals surface area contributed by atoms with E-state index in [2.05, 4.69) is 44.6 Å². The molecular weight excluding hydrogens is 326 g/mol. The van der Waals surface area contributed by atoms with Gasteiger partial charge in [0.05, 0.1) is 5.69 Å². The van der Waals surface area contributed by atoms with Crippen molar-refractivity contribution in [3.05, 3.63) is 71.7 Å². The van der Waals surface area contributed by atoms with Crippen molar-refractivity contribution in [2.75, 3.05) is 16.8 Å². The van der Waals surface area contributed by atoms with Crippen LogP contribution in [0.4, 0.5) is 11.5 Å². The van der Waals surface area contributed by atoms with Crippen molar-refractivity contribution in [2.24, 2.45) is 0 Å². The average molecular weight is 347 g/mol. The maximum absolute atomic E-state index is 12.2. The first-order valence-electron chi connectivity index (χ1n) is 8.75. The molecule has 0 spiro atoms. The summed E-state index contributed by atoms with van der Waals surface area (Å²) < 4.78 is 1.63. The second-order valence-corrected chi connectivity index (χ2v) is 6.55. The highest BCUT2D eigenvalue weighted by atomic mass is 16.2. The van der Waals surface area contributed by atoms with Crippen LogP contribution in [0.15, 0.2) is 54.9 Å². The molecule has 6 heteroatoms. The molecule has 0 aliphatic carbocycles. The van der Waals surface area contributed by atoms with Gasteiger partial charge in [0.25, 0.3) is 0 Å². The number of nitrogens with zero attached hydrogens (tertiary/aromatic N) is 4. The first-order valence-corrected chi connectivity index (χ1v) is 8.75. The Hall–Kier alpha value is -3.15. The summed E-state index contributed by atoms with van der Waals surface area (Å²) in [4.78, 5) is 19.0. The molecular formula is C20H21N5O. The van der Waals surface area contributed by atoms with E-state index in [0.717, 1.165) is 36.7 Å². The van der Waals surface area contributed by atoms with Gasteiger partial charge in [-0.3, -0.25) is 9.48 Å². The topological polar surface area (TPSA) is 63.1 Å². The first-order chi connectivity index (χ1) is 12.7. The van der Waals surface area contributed by atoms with Crippen LogP contribution in [-0.4, -0.2) is 27.2 Å². The molecule has 0 bridgehead atoms. The summed E-state index contributed by atoms with van der Waals surface area (Å²) in [5.74, 6) is 0.779. The SMILES string of the molecule is Cc1ccn(CC(=O)Nc2ccnc(N3CCc4ccccc4C3)c2)n1. The van der Waals surface area contributed by atoms with Gasteiger partial charge in [-0.1, -0.05) is 24.3 Å². The van der Waals surface area contributed by atoms with Gasteiger partial charge in [-0.15, -0.1) is 0 Å². The fourth-order valence-electron chi connectivity index (χ4n) is 3.26. The van der Waals surface area contributed by atoms with Crippen LogP contribution in [0.3, 0.4) is 0 Å². The Morgan fingerprint density at radius 2 is 2.04 bits per heavy atom. The molecule has 1 amide bonds. The molecule has 0 saturated heterocycles. The molecule has 26 heavy (non-hydrogen) atoms. The lowest BCUT2D eigenvalue weighted by Gasteiger charge is -2.30. The van der Waals surface area contributed by atoms with Crippen LogP contribution in [0.5, 0.6) is 0 Å². The molecule has 1 aliphatic heterocycles. The predicted molar refractivity (Wildman–Crippen MR) is 101 cm³/mol. The zero-order valence-corrected chi connectivity index (χ0v) is 14.7. The molecule has 3 aromatic rings. The van der Waals surface area contributed by atoms with Crippen LogP contribution < -0.4 is 10.2 Å². The molecule has 0 radical (unpaired) electrons. The number of fused-ring (bicyclic) bond motifs is 1. The van der Waals surface area contributed by atoms with Gasteiger partial charge in [-0.05, 0) is 36.6 Å². The van der Waals surface area contributed by atoms with E-state index in [1.165, 1.54) is 11.1 Å². The normalized spacial score (nSPS) is 13.3. The third-order valence-electron chi connectivity index (χ3n) is 4.56. The molecule has 1 aliphatic rings. The molecule has 2 aromatic heterocycles. The third kappa shape index (κ3) is 3.59. The van der Waals surface area contributed by atoms with Crippen molar-refractivity contribution in [1.82, 2.24) is 14.8 Å². The number of anilines is 2. The zero-order valence-electron chi connectivity index (χ0n) is 14.7. The Kier molecular flexibility index (Phi) is 4.39. The Morgan fingerprint density at radius 3 is 2.85 bits per heavy atom. The summed E-state index contributed by atoms with van der Waals surface area (Å²) in [6.45, 7) is 3.87. The Balaban J connectivity index is 1.44. The number of hydrogen-bond acceptors (Lipinski definition) is 4. The standard InChI is InChI=1S/C20H21N5O/c1-15-7-11-25(23-15)14-20(26)22-18-6-9-21-19(12-18)24-10-8-16-4-2-3-5-17(16)13-24/h2-7,9,11-12H,8,10,13-14H2,1H3,(H,21,22,26). The van der Waals surface area contributed by atoms with Gasteiger partial charge >= 0.3 is 0 Å². The van der Waals surface area contributed by atoms with Crippen molar-refractivity contribution in [2.45, 2.75) is 26.4 Å². The van der Waals surface area contributed by atoms with Crippen molar-refractivity contribution >= 4 is 17.4 Å². The Bertz CT molecular complexity index is 933. The highest BCUT2D eigenvalue weighted by Crippen LogP contribution is 2.24. The first kappa shape index (κ1) is 16.3. The van der Waals surface area contributed by atoms with Crippen molar-refractivity contribution in [3.8, 4) is 0 Å². The molecule has 4 rings (SSSR count). The molecule has 0 saturated carbocycles. The lowest BCUT2D eigenvalue weighted by molar-refractivity contribution is -0.116. The minimum absolute atomic E-state index is 0.103. The van der Waals surface area contributed by atoms with Crippen molar-refractivity contribution in [1.29, 1.82) is 0 Å². The van der Waals surface area contributed by atoms with Crippen molar-refractivity contribution < 1.29 is 4.79 Å². The largest absolute Gasteiger partial charge is 0.352 e. The number of carbonyl (C=O) groups excluding carboxylic acids is 1. The summed E-state index contributed by atoms with van der Waals surface area (Å²) in [5, 5.41) is 7.17. The maximum atomic E-state index is 12.2. The van der Waals surface area contributed by atoms with Crippen LogP contribution in [0.1, 0.15) is 16.8 Å². The molecule has 0 fully saturated rings. The molecule has 1 aromatic carbocycles. The molecule has 1 N–H and O–H groups in total. The number of benzene rings is 1.